The third kappa shape index (κ3) is 1.74. The number of thiophene rings is 1. The van der Waals surface area contributed by atoms with Gasteiger partial charge in [0.1, 0.15) is 0 Å². The lowest BCUT2D eigenvalue weighted by atomic mass is 9.83. The molecule has 1 nitrogen and oxygen atoms in total. The van der Waals surface area contributed by atoms with Gasteiger partial charge in [0.05, 0.1) is 0 Å². The van der Waals surface area contributed by atoms with Crippen LogP contribution in [0.3, 0.4) is 0 Å². The van der Waals surface area contributed by atoms with Gasteiger partial charge < -0.3 is 4.90 Å². The quantitative estimate of drug-likeness (QED) is 0.669. The first-order valence-corrected chi connectivity index (χ1v) is 7.61. The molecule has 2 heteroatoms. The third-order valence-electron chi connectivity index (χ3n) is 3.96. The van der Waals surface area contributed by atoms with Crippen molar-refractivity contribution >= 4 is 27.1 Å². The van der Waals surface area contributed by atoms with Gasteiger partial charge in [-0.2, -0.15) is 0 Å². The molecule has 0 atom stereocenters. The number of nitrogens with zero attached hydrogens (tertiary/aromatic N) is 1. The molecule has 1 aromatic carbocycles. The van der Waals surface area contributed by atoms with Crippen molar-refractivity contribution < 1.29 is 0 Å². The highest BCUT2D eigenvalue weighted by Gasteiger charge is 2.24. The number of anilines is 1. The van der Waals surface area contributed by atoms with E-state index < -0.39 is 0 Å². The van der Waals surface area contributed by atoms with Gasteiger partial charge in [0.25, 0.3) is 0 Å². The fourth-order valence-corrected chi connectivity index (χ4v) is 4.11. The van der Waals surface area contributed by atoms with Crippen LogP contribution in [0, 0.1) is 0 Å². The molecule has 0 unspecified atom stereocenters. The zero-order valence-corrected chi connectivity index (χ0v) is 12.5. The van der Waals surface area contributed by atoms with Gasteiger partial charge in [0.2, 0.25) is 0 Å². The van der Waals surface area contributed by atoms with Gasteiger partial charge in [-0.1, -0.05) is 20.8 Å². The second-order valence-corrected chi connectivity index (χ2v) is 7.28. The van der Waals surface area contributed by atoms with Crippen molar-refractivity contribution in [2.45, 2.75) is 39.0 Å². The predicted molar refractivity (Wildman–Crippen MR) is 82.1 cm³/mol. The van der Waals surface area contributed by atoms with Crippen LogP contribution in [0.4, 0.5) is 5.69 Å². The van der Waals surface area contributed by atoms with Crippen LogP contribution < -0.4 is 4.90 Å². The van der Waals surface area contributed by atoms with E-state index >= 15 is 0 Å². The van der Waals surface area contributed by atoms with Crippen molar-refractivity contribution in [3.63, 3.8) is 0 Å². The fraction of sp³-hybridized carbons (Fsp3) is 0.500. The highest BCUT2D eigenvalue weighted by molar-refractivity contribution is 7.17. The third-order valence-corrected chi connectivity index (χ3v) is 4.91. The summed E-state index contributed by atoms with van der Waals surface area (Å²) in [6.45, 7) is 8.14. The first-order valence-electron chi connectivity index (χ1n) is 6.73. The molecular formula is C16H21NS. The number of hydrogen-bond acceptors (Lipinski definition) is 2. The Bertz CT molecular complexity index is 589. The van der Waals surface area contributed by atoms with Crippen LogP contribution in [0.1, 0.15) is 38.3 Å². The monoisotopic (exact) mass is 259 g/mol. The van der Waals surface area contributed by atoms with Crippen molar-refractivity contribution in [2.75, 3.05) is 18.5 Å². The smallest absolute Gasteiger partial charge is 0.0406 e. The van der Waals surface area contributed by atoms with Gasteiger partial charge in [-0.3, -0.25) is 0 Å². The maximum absolute atomic E-state index is 2.44. The highest BCUT2D eigenvalue weighted by Crippen LogP contribution is 2.41. The minimum Gasteiger partial charge on any atom is -0.374 e. The summed E-state index contributed by atoms with van der Waals surface area (Å²) < 4.78 is 1.50. The van der Waals surface area contributed by atoms with E-state index in [-0.39, 0.29) is 5.41 Å². The van der Waals surface area contributed by atoms with Crippen LogP contribution in [-0.2, 0) is 11.8 Å². The van der Waals surface area contributed by atoms with E-state index in [1.54, 1.807) is 5.56 Å². The summed E-state index contributed by atoms with van der Waals surface area (Å²) in [5, 5.41) is 3.74. The van der Waals surface area contributed by atoms with E-state index in [4.69, 9.17) is 0 Å². The topological polar surface area (TPSA) is 3.24 Å². The normalized spacial score (nSPS) is 16.1. The number of rotatable bonds is 0. The van der Waals surface area contributed by atoms with Gasteiger partial charge in [-0.15, -0.1) is 11.3 Å². The molecule has 0 saturated heterocycles. The second kappa shape index (κ2) is 3.99. The molecule has 0 aliphatic carbocycles. The summed E-state index contributed by atoms with van der Waals surface area (Å²) in [4.78, 5) is 2.42. The SMILES string of the molecule is CN1CCCc2c1cc(C(C)(C)C)c1sccc21. The van der Waals surface area contributed by atoms with E-state index in [0.29, 0.717) is 0 Å². The summed E-state index contributed by atoms with van der Waals surface area (Å²) in [5.41, 5.74) is 4.74. The van der Waals surface area contributed by atoms with Gasteiger partial charge in [0, 0.05) is 24.0 Å². The van der Waals surface area contributed by atoms with Crippen molar-refractivity contribution in [2.24, 2.45) is 0 Å². The zero-order valence-electron chi connectivity index (χ0n) is 11.7. The van der Waals surface area contributed by atoms with Gasteiger partial charge in [-0.25, -0.2) is 0 Å². The van der Waals surface area contributed by atoms with Gasteiger partial charge in [-0.05, 0) is 52.3 Å². The van der Waals surface area contributed by atoms with Crippen molar-refractivity contribution in [3.05, 3.63) is 28.6 Å². The lowest BCUT2D eigenvalue weighted by Gasteiger charge is -2.31. The van der Waals surface area contributed by atoms with Crippen LogP contribution in [0.5, 0.6) is 0 Å². The number of fused-ring (bicyclic) bond motifs is 3. The lowest BCUT2D eigenvalue weighted by Crippen LogP contribution is -2.25. The number of aryl methyl sites for hydroxylation is 1. The maximum atomic E-state index is 2.44. The van der Waals surface area contributed by atoms with E-state index in [9.17, 15) is 0 Å². The summed E-state index contributed by atoms with van der Waals surface area (Å²) in [5.74, 6) is 0. The molecule has 0 amide bonds. The highest BCUT2D eigenvalue weighted by atomic mass is 32.1. The Balaban J connectivity index is 2.35. The van der Waals surface area contributed by atoms with Crippen LogP contribution in [-0.4, -0.2) is 13.6 Å². The minimum absolute atomic E-state index is 0.219. The standard InChI is InChI=1S/C16H21NS/c1-16(2,3)13-10-14-11(6-5-8-17(14)4)12-7-9-18-15(12)13/h7,9-10H,5-6,8H2,1-4H3. The van der Waals surface area contributed by atoms with Crippen LogP contribution >= 0.6 is 11.3 Å². The molecule has 2 aromatic rings. The Labute approximate surface area is 113 Å². The largest absolute Gasteiger partial charge is 0.374 e. The second-order valence-electron chi connectivity index (χ2n) is 6.36. The number of hydrogen-bond donors (Lipinski definition) is 0. The molecule has 1 aliphatic heterocycles. The molecule has 0 N–H and O–H groups in total. The van der Waals surface area contributed by atoms with Crippen LogP contribution in [0.2, 0.25) is 0 Å². The molecule has 0 bridgehead atoms. The summed E-state index contributed by atoms with van der Waals surface area (Å²) in [7, 11) is 2.22. The van der Waals surface area contributed by atoms with E-state index in [1.807, 2.05) is 11.3 Å². The minimum atomic E-state index is 0.219. The fourth-order valence-electron chi connectivity index (χ4n) is 2.96. The first kappa shape index (κ1) is 12.0. The Kier molecular flexibility index (Phi) is 2.67. The zero-order chi connectivity index (χ0) is 12.9. The molecule has 1 aliphatic rings. The maximum Gasteiger partial charge on any atom is 0.0406 e. The van der Waals surface area contributed by atoms with E-state index in [1.165, 1.54) is 40.7 Å². The molecule has 2 heterocycles. The molecule has 1 aromatic heterocycles. The Hall–Kier alpha value is -1.02. The van der Waals surface area contributed by atoms with E-state index in [2.05, 4.69) is 50.2 Å². The molecule has 18 heavy (non-hydrogen) atoms. The Morgan fingerprint density at radius 2 is 2.06 bits per heavy atom. The van der Waals surface area contributed by atoms with Crippen molar-refractivity contribution in [1.82, 2.24) is 0 Å². The first-order chi connectivity index (χ1) is 8.48. The van der Waals surface area contributed by atoms with Gasteiger partial charge in [0.15, 0.2) is 0 Å². The average Bonchev–Trinajstić information content (AvgIpc) is 2.76. The van der Waals surface area contributed by atoms with Gasteiger partial charge >= 0.3 is 0 Å². The van der Waals surface area contributed by atoms with Crippen LogP contribution in [0.25, 0.3) is 10.1 Å². The molecule has 0 saturated carbocycles. The molecule has 0 radical (unpaired) electrons. The molecule has 96 valence electrons. The Morgan fingerprint density at radius 1 is 1.28 bits per heavy atom. The lowest BCUT2D eigenvalue weighted by molar-refractivity contribution is 0.595. The predicted octanol–water partition coefficient (Wildman–Crippen LogP) is 4.58. The summed E-state index contributed by atoms with van der Waals surface area (Å²) in [6.07, 6.45) is 2.51. The Morgan fingerprint density at radius 3 is 2.78 bits per heavy atom. The average molecular weight is 259 g/mol. The summed E-state index contributed by atoms with van der Waals surface area (Å²) in [6, 6.07) is 4.75. The molecular weight excluding hydrogens is 238 g/mol. The van der Waals surface area contributed by atoms with Crippen LogP contribution in [0.15, 0.2) is 17.5 Å². The molecule has 3 rings (SSSR count). The van der Waals surface area contributed by atoms with Crippen molar-refractivity contribution in [3.8, 4) is 0 Å². The number of benzene rings is 1. The molecule has 0 spiro atoms. The van der Waals surface area contributed by atoms with E-state index in [0.717, 1.165) is 0 Å². The molecule has 0 fully saturated rings. The summed E-state index contributed by atoms with van der Waals surface area (Å²) >= 11 is 1.90. The van der Waals surface area contributed by atoms with Crippen molar-refractivity contribution in [1.29, 1.82) is 0 Å².